The van der Waals surface area contributed by atoms with Crippen molar-refractivity contribution in [3.05, 3.63) is 30.1 Å². The lowest BCUT2D eigenvalue weighted by atomic mass is 9.78. The third kappa shape index (κ3) is 4.34. The Kier molecular flexibility index (Phi) is 6.22. The molecule has 1 amide bonds. The molecule has 0 bridgehead atoms. The molecular formula is C21H31FN3O3S+. The number of hydrogen-bond donors (Lipinski definition) is 1. The number of sulfonamides is 1. The van der Waals surface area contributed by atoms with Gasteiger partial charge < -0.3 is 9.80 Å². The third-order valence-electron chi connectivity index (χ3n) is 6.85. The van der Waals surface area contributed by atoms with Gasteiger partial charge in [0.15, 0.2) is 6.54 Å². The van der Waals surface area contributed by atoms with Crippen molar-refractivity contribution in [3.63, 3.8) is 0 Å². The SMILES string of the molecule is O=C(C[NH+]1CCN(S(=O)(=O)c2ccccc2F)CC1)N1CCC[C@@H]2CCCC[C@@H]21. The van der Waals surface area contributed by atoms with Crippen LogP contribution >= 0.6 is 0 Å². The Balaban J connectivity index is 1.34. The van der Waals surface area contributed by atoms with Crippen LogP contribution in [0.3, 0.4) is 0 Å². The zero-order valence-electron chi connectivity index (χ0n) is 16.9. The number of fused-ring (bicyclic) bond motifs is 1. The normalized spacial score (nSPS) is 26.9. The third-order valence-corrected chi connectivity index (χ3v) is 8.78. The van der Waals surface area contributed by atoms with Crippen LogP contribution in [-0.4, -0.2) is 68.8 Å². The molecule has 0 unspecified atom stereocenters. The van der Waals surface area contributed by atoms with Crippen molar-refractivity contribution in [2.75, 3.05) is 39.3 Å². The number of nitrogens with zero attached hydrogens (tertiary/aromatic N) is 2. The molecule has 1 saturated carbocycles. The van der Waals surface area contributed by atoms with Crippen LogP contribution in [0, 0.1) is 11.7 Å². The monoisotopic (exact) mass is 424 g/mol. The molecule has 0 spiro atoms. The van der Waals surface area contributed by atoms with Crippen LogP contribution in [0.15, 0.2) is 29.2 Å². The molecule has 2 saturated heterocycles. The van der Waals surface area contributed by atoms with Gasteiger partial charge in [-0.2, -0.15) is 4.31 Å². The Morgan fingerprint density at radius 1 is 1.03 bits per heavy atom. The van der Waals surface area contributed by atoms with E-state index >= 15 is 0 Å². The number of piperazine rings is 1. The fourth-order valence-corrected chi connectivity index (χ4v) is 6.77. The van der Waals surface area contributed by atoms with Crippen molar-refractivity contribution >= 4 is 15.9 Å². The van der Waals surface area contributed by atoms with Crippen LogP contribution in [-0.2, 0) is 14.8 Å². The van der Waals surface area contributed by atoms with E-state index in [1.807, 2.05) is 0 Å². The van der Waals surface area contributed by atoms with E-state index in [9.17, 15) is 17.6 Å². The Morgan fingerprint density at radius 2 is 1.72 bits per heavy atom. The lowest BCUT2D eigenvalue weighted by Crippen LogP contribution is -3.15. The highest BCUT2D eigenvalue weighted by Gasteiger charge is 2.38. The molecule has 2 heterocycles. The zero-order chi connectivity index (χ0) is 20.4. The van der Waals surface area contributed by atoms with Crippen LogP contribution in [0.1, 0.15) is 38.5 Å². The lowest BCUT2D eigenvalue weighted by molar-refractivity contribution is -0.896. The maximum Gasteiger partial charge on any atom is 0.278 e. The van der Waals surface area contributed by atoms with Crippen molar-refractivity contribution < 1.29 is 22.5 Å². The van der Waals surface area contributed by atoms with Crippen molar-refractivity contribution in [1.82, 2.24) is 9.21 Å². The molecule has 160 valence electrons. The summed E-state index contributed by atoms with van der Waals surface area (Å²) in [6.07, 6.45) is 7.20. The molecule has 1 N–H and O–H groups in total. The summed E-state index contributed by atoms with van der Waals surface area (Å²) in [5.41, 5.74) is 0. The predicted molar refractivity (Wildman–Crippen MR) is 107 cm³/mol. The van der Waals surface area contributed by atoms with Gasteiger partial charge in [0, 0.05) is 12.6 Å². The summed E-state index contributed by atoms with van der Waals surface area (Å²) in [5, 5.41) is 0. The molecule has 4 rings (SSSR count). The minimum atomic E-state index is -3.83. The van der Waals surface area contributed by atoms with E-state index in [-0.39, 0.29) is 10.8 Å². The van der Waals surface area contributed by atoms with Crippen LogP contribution in [0.25, 0.3) is 0 Å². The highest BCUT2D eigenvalue weighted by atomic mass is 32.2. The molecule has 1 aromatic carbocycles. The quantitative estimate of drug-likeness (QED) is 0.781. The van der Waals surface area contributed by atoms with Gasteiger partial charge in [-0.15, -0.1) is 0 Å². The Bertz CT molecular complexity index is 837. The molecule has 2 atom stereocenters. The number of amides is 1. The fourth-order valence-electron chi connectivity index (χ4n) is 5.26. The van der Waals surface area contributed by atoms with E-state index in [0.29, 0.717) is 44.7 Å². The second-order valence-electron chi connectivity index (χ2n) is 8.60. The molecule has 29 heavy (non-hydrogen) atoms. The largest absolute Gasteiger partial charge is 0.335 e. The van der Waals surface area contributed by atoms with Gasteiger partial charge in [-0.1, -0.05) is 25.0 Å². The molecule has 0 radical (unpaired) electrons. The summed E-state index contributed by atoms with van der Waals surface area (Å²) >= 11 is 0. The van der Waals surface area contributed by atoms with Gasteiger partial charge in [0.05, 0.1) is 26.2 Å². The van der Waals surface area contributed by atoms with Crippen molar-refractivity contribution in [3.8, 4) is 0 Å². The maximum atomic E-state index is 14.0. The number of rotatable bonds is 4. The lowest BCUT2D eigenvalue weighted by Gasteiger charge is -2.44. The summed E-state index contributed by atoms with van der Waals surface area (Å²) < 4.78 is 40.8. The second kappa shape index (κ2) is 8.70. The molecular weight excluding hydrogens is 393 g/mol. The van der Waals surface area contributed by atoms with Gasteiger partial charge in [-0.25, -0.2) is 12.8 Å². The maximum absolute atomic E-state index is 14.0. The number of likely N-dealkylation sites (tertiary alicyclic amines) is 1. The number of halogens is 1. The van der Waals surface area contributed by atoms with Gasteiger partial charge >= 0.3 is 0 Å². The average Bonchev–Trinajstić information content (AvgIpc) is 2.74. The highest BCUT2D eigenvalue weighted by molar-refractivity contribution is 7.89. The minimum absolute atomic E-state index is 0.210. The van der Waals surface area contributed by atoms with E-state index in [0.717, 1.165) is 24.3 Å². The van der Waals surface area contributed by atoms with E-state index in [1.54, 1.807) is 0 Å². The van der Waals surface area contributed by atoms with Gasteiger partial charge in [0.2, 0.25) is 10.0 Å². The van der Waals surface area contributed by atoms with Crippen molar-refractivity contribution in [1.29, 1.82) is 0 Å². The van der Waals surface area contributed by atoms with E-state index in [1.165, 1.54) is 54.3 Å². The first-order valence-corrected chi connectivity index (χ1v) is 12.3. The molecule has 3 fully saturated rings. The van der Waals surface area contributed by atoms with E-state index < -0.39 is 15.8 Å². The molecule has 0 aromatic heterocycles. The number of piperidine rings is 1. The van der Waals surface area contributed by atoms with Crippen molar-refractivity contribution in [2.45, 2.75) is 49.5 Å². The van der Waals surface area contributed by atoms with Crippen LogP contribution < -0.4 is 4.90 Å². The van der Waals surface area contributed by atoms with Crippen LogP contribution in [0.2, 0.25) is 0 Å². The predicted octanol–water partition coefficient (Wildman–Crippen LogP) is 0.896. The number of benzene rings is 1. The Labute approximate surface area is 172 Å². The first kappa shape index (κ1) is 20.8. The average molecular weight is 425 g/mol. The molecule has 1 aliphatic carbocycles. The highest BCUT2D eigenvalue weighted by Crippen LogP contribution is 2.35. The summed E-state index contributed by atoms with van der Waals surface area (Å²) in [5.74, 6) is 0.158. The fraction of sp³-hybridized carbons (Fsp3) is 0.667. The Hall–Kier alpha value is -1.51. The van der Waals surface area contributed by atoms with E-state index in [4.69, 9.17) is 0 Å². The number of hydrogen-bond acceptors (Lipinski definition) is 3. The number of nitrogens with one attached hydrogen (secondary N) is 1. The van der Waals surface area contributed by atoms with Gasteiger partial charge in [-0.3, -0.25) is 4.79 Å². The first-order chi connectivity index (χ1) is 14.0. The molecule has 3 aliphatic rings. The number of carbonyl (C=O) groups is 1. The molecule has 2 aliphatic heterocycles. The van der Waals surface area contributed by atoms with Crippen molar-refractivity contribution in [2.24, 2.45) is 5.92 Å². The van der Waals surface area contributed by atoms with Crippen LogP contribution in [0.4, 0.5) is 4.39 Å². The topological polar surface area (TPSA) is 62.1 Å². The molecule has 6 nitrogen and oxygen atoms in total. The summed E-state index contributed by atoms with van der Waals surface area (Å²) in [6.45, 7) is 3.05. The summed E-state index contributed by atoms with van der Waals surface area (Å²) in [6, 6.07) is 5.91. The smallest absolute Gasteiger partial charge is 0.278 e. The molecule has 1 aromatic rings. The summed E-state index contributed by atoms with van der Waals surface area (Å²) in [7, 11) is -3.83. The number of carbonyl (C=O) groups excluding carboxylic acids is 1. The number of quaternary nitrogens is 1. The Morgan fingerprint density at radius 3 is 2.48 bits per heavy atom. The molecule has 8 heteroatoms. The van der Waals surface area contributed by atoms with Gasteiger partial charge in [-0.05, 0) is 43.7 Å². The second-order valence-corrected chi connectivity index (χ2v) is 10.5. The van der Waals surface area contributed by atoms with Gasteiger partial charge in [0.1, 0.15) is 10.7 Å². The van der Waals surface area contributed by atoms with Gasteiger partial charge in [0.25, 0.3) is 5.91 Å². The first-order valence-electron chi connectivity index (χ1n) is 10.8. The minimum Gasteiger partial charge on any atom is -0.335 e. The standard InChI is InChI=1S/C21H30FN3O3S/c22-18-8-2-4-10-20(18)29(27,28)24-14-12-23(13-15-24)16-21(26)25-11-5-7-17-6-1-3-9-19(17)25/h2,4,8,10,17,19H,1,3,5-7,9,11-16H2/p+1/t17-,19-/m0/s1. The zero-order valence-corrected chi connectivity index (χ0v) is 17.7. The summed E-state index contributed by atoms with van der Waals surface area (Å²) in [4.78, 5) is 16.0. The van der Waals surface area contributed by atoms with Crippen LogP contribution in [0.5, 0.6) is 0 Å². The van der Waals surface area contributed by atoms with E-state index in [2.05, 4.69) is 4.90 Å².